The number of β-lactam (4-membered cyclic amide) rings is 1. The van der Waals surface area contributed by atoms with Crippen LogP contribution in [-0.4, -0.2) is 29.9 Å². The van der Waals surface area contributed by atoms with E-state index in [4.69, 9.17) is 4.74 Å². The number of hydrogen-bond donors (Lipinski definition) is 0. The Balaban J connectivity index is 1.77. The van der Waals surface area contributed by atoms with Crippen LogP contribution in [-0.2, 0) is 20.7 Å². The molecule has 0 N–H and O–H groups in total. The van der Waals surface area contributed by atoms with E-state index in [2.05, 4.69) is 0 Å². The first-order valence-electron chi connectivity index (χ1n) is 8.28. The summed E-state index contributed by atoms with van der Waals surface area (Å²) in [6, 6.07) is 19.5. The van der Waals surface area contributed by atoms with Crippen molar-refractivity contribution in [3.8, 4) is 0 Å². The summed E-state index contributed by atoms with van der Waals surface area (Å²) in [5, 5.41) is 0. The zero-order valence-electron chi connectivity index (χ0n) is 13.7. The summed E-state index contributed by atoms with van der Waals surface area (Å²) in [6.45, 7) is 2.64. The van der Waals surface area contributed by atoms with Crippen LogP contribution < -0.4 is 0 Å². The lowest BCUT2D eigenvalue weighted by Crippen LogP contribution is -2.58. The van der Waals surface area contributed by atoms with Gasteiger partial charge in [-0.15, -0.1) is 0 Å². The van der Waals surface area contributed by atoms with Crippen LogP contribution in [0.1, 0.15) is 24.1 Å². The van der Waals surface area contributed by atoms with Crippen LogP contribution >= 0.6 is 0 Å². The van der Waals surface area contributed by atoms with Gasteiger partial charge in [-0.3, -0.25) is 9.59 Å². The highest BCUT2D eigenvalue weighted by Crippen LogP contribution is 2.40. The summed E-state index contributed by atoms with van der Waals surface area (Å²) < 4.78 is 5.09. The highest BCUT2D eigenvalue weighted by Gasteiger charge is 2.52. The molecule has 0 aliphatic carbocycles. The highest BCUT2D eigenvalue weighted by molar-refractivity contribution is 6.03. The Bertz CT molecular complexity index is 699. The fourth-order valence-corrected chi connectivity index (χ4v) is 3.18. The molecule has 1 amide bonds. The van der Waals surface area contributed by atoms with Gasteiger partial charge in [-0.2, -0.15) is 0 Å². The highest BCUT2D eigenvalue weighted by atomic mass is 16.5. The van der Waals surface area contributed by atoms with Crippen LogP contribution in [0.3, 0.4) is 0 Å². The zero-order valence-corrected chi connectivity index (χ0v) is 13.7. The molecule has 0 spiro atoms. The quantitative estimate of drug-likeness (QED) is 0.466. The fraction of sp³-hybridized carbons (Fsp3) is 0.300. The first-order chi connectivity index (χ1) is 11.7. The average Bonchev–Trinajstić information content (AvgIpc) is 2.61. The third-order valence-electron chi connectivity index (χ3n) is 4.37. The molecule has 4 heteroatoms. The van der Waals surface area contributed by atoms with Gasteiger partial charge >= 0.3 is 5.97 Å². The number of benzene rings is 2. The molecule has 1 saturated heterocycles. The van der Waals surface area contributed by atoms with Gasteiger partial charge in [0.15, 0.2) is 5.92 Å². The van der Waals surface area contributed by atoms with E-state index in [9.17, 15) is 9.59 Å². The number of esters is 1. The number of amides is 1. The van der Waals surface area contributed by atoms with Crippen LogP contribution in [0, 0.1) is 5.92 Å². The van der Waals surface area contributed by atoms with Gasteiger partial charge in [0.05, 0.1) is 12.6 Å². The van der Waals surface area contributed by atoms with E-state index in [0.717, 1.165) is 12.0 Å². The van der Waals surface area contributed by atoms with Crippen molar-refractivity contribution < 1.29 is 14.3 Å². The van der Waals surface area contributed by atoms with Gasteiger partial charge in [0.2, 0.25) is 5.91 Å². The van der Waals surface area contributed by atoms with Gasteiger partial charge in [0, 0.05) is 6.54 Å². The van der Waals surface area contributed by atoms with Gasteiger partial charge < -0.3 is 9.64 Å². The van der Waals surface area contributed by atoms with Crippen molar-refractivity contribution >= 4 is 11.9 Å². The molecule has 0 radical (unpaired) electrons. The first kappa shape index (κ1) is 16.2. The van der Waals surface area contributed by atoms with E-state index in [-0.39, 0.29) is 18.6 Å². The maximum atomic E-state index is 12.5. The van der Waals surface area contributed by atoms with Gasteiger partial charge in [-0.25, -0.2) is 0 Å². The predicted octanol–water partition coefficient (Wildman–Crippen LogP) is 2.99. The molecular formula is C20H21NO3. The maximum Gasteiger partial charge on any atom is 0.321 e. The van der Waals surface area contributed by atoms with Crippen LogP contribution in [0.15, 0.2) is 60.7 Å². The number of carbonyl (C=O) groups excluding carboxylic acids is 2. The van der Waals surface area contributed by atoms with Crippen LogP contribution in [0.2, 0.25) is 0 Å². The number of rotatable bonds is 6. The van der Waals surface area contributed by atoms with Crippen molar-refractivity contribution in [2.24, 2.45) is 5.92 Å². The molecule has 2 atom stereocenters. The lowest BCUT2D eigenvalue weighted by molar-refractivity contribution is -0.173. The summed E-state index contributed by atoms with van der Waals surface area (Å²) in [7, 11) is 0. The summed E-state index contributed by atoms with van der Waals surface area (Å²) >= 11 is 0. The van der Waals surface area contributed by atoms with E-state index < -0.39 is 11.9 Å². The molecule has 2 aromatic carbocycles. The lowest BCUT2D eigenvalue weighted by Gasteiger charge is -2.46. The minimum Gasteiger partial charge on any atom is -0.465 e. The Morgan fingerprint density at radius 2 is 1.67 bits per heavy atom. The van der Waals surface area contributed by atoms with Crippen LogP contribution in [0.4, 0.5) is 0 Å². The Hall–Kier alpha value is -2.62. The third-order valence-corrected chi connectivity index (χ3v) is 4.37. The standard InChI is InChI=1S/C20H21NO3/c1-2-24-20(23)17-18(16-11-7-4-8-12-16)21(19(17)22)14-13-15-9-5-3-6-10-15/h3-12,17-18H,2,13-14H2,1H3/t17-,18-/m1/s1. The van der Waals surface area contributed by atoms with Crippen molar-refractivity contribution in [1.82, 2.24) is 4.90 Å². The van der Waals surface area contributed by atoms with E-state index >= 15 is 0 Å². The lowest BCUT2D eigenvalue weighted by atomic mass is 9.82. The Morgan fingerprint density at radius 1 is 1.04 bits per heavy atom. The summed E-state index contributed by atoms with van der Waals surface area (Å²) in [5.41, 5.74) is 2.15. The maximum absolute atomic E-state index is 12.5. The van der Waals surface area contributed by atoms with Crippen LogP contribution in [0.25, 0.3) is 0 Å². The second kappa shape index (κ2) is 7.30. The number of ether oxygens (including phenoxy) is 1. The normalized spacial score (nSPS) is 19.7. The summed E-state index contributed by atoms with van der Waals surface area (Å²) in [4.78, 5) is 26.5. The molecule has 1 aliphatic rings. The minimum atomic E-state index is -0.719. The summed E-state index contributed by atoms with van der Waals surface area (Å²) in [6.07, 6.45) is 0.769. The van der Waals surface area contributed by atoms with Crippen molar-refractivity contribution in [3.05, 3.63) is 71.8 Å². The number of likely N-dealkylation sites (tertiary alicyclic amines) is 1. The molecule has 124 valence electrons. The average molecular weight is 323 g/mol. The Kier molecular flexibility index (Phi) is 4.94. The number of carbonyl (C=O) groups is 2. The fourth-order valence-electron chi connectivity index (χ4n) is 3.18. The molecule has 0 aromatic heterocycles. The van der Waals surface area contributed by atoms with E-state index in [1.807, 2.05) is 60.7 Å². The zero-order chi connectivity index (χ0) is 16.9. The van der Waals surface area contributed by atoms with Crippen molar-refractivity contribution in [1.29, 1.82) is 0 Å². The van der Waals surface area contributed by atoms with Crippen LogP contribution in [0.5, 0.6) is 0 Å². The molecule has 2 aromatic rings. The molecule has 24 heavy (non-hydrogen) atoms. The largest absolute Gasteiger partial charge is 0.465 e. The van der Waals surface area contributed by atoms with Gasteiger partial charge in [0.25, 0.3) is 0 Å². The van der Waals surface area contributed by atoms with E-state index in [1.54, 1.807) is 11.8 Å². The molecule has 1 aliphatic heterocycles. The summed E-state index contributed by atoms with van der Waals surface area (Å²) in [5.74, 6) is -1.28. The van der Waals surface area contributed by atoms with Crippen molar-refractivity contribution in [3.63, 3.8) is 0 Å². The molecule has 0 saturated carbocycles. The van der Waals surface area contributed by atoms with Gasteiger partial charge in [-0.1, -0.05) is 60.7 Å². The minimum absolute atomic E-state index is 0.141. The molecule has 3 rings (SSSR count). The van der Waals surface area contributed by atoms with E-state index in [1.165, 1.54) is 5.56 Å². The topological polar surface area (TPSA) is 46.6 Å². The van der Waals surface area contributed by atoms with E-state index in [0.29, 0.717) is 6.54 Å². The predicted molar refractivity (Wildman–Crippen MR) is 91.2 cm³/mol. The molecule has 1 fully saturated rings. The van der Waals surface area contributed by atoms with Gasteiger partial charge in [-0.05, 0) is 24.5 Å². The number of nitrogens with zero attached hydrogens (tertiary/aromatic N) is 1. The Labute approximate surface area is 142 Å². The van der Waals surface area contributed by atoms with Crippen molar-refractivity contribution in [2.45, 2.75) is 19.4 Å². The number of hydrogen-bond acceptors (Lipinski definition) is 3. The van der Waals surface area contributed by atoms with Crippen molar-refractivity contribution in [2.75, 3.05) is 13.2 Å². The molecule has 4 nitrogen and oxygen atoms in total. The molecule has 0 unspecified atom stereocenters. The van der Waals surface area contributed by atoms with Gasteiger partial charge in [0.1, 0.15) is 0 Å². The second-order valence-corrected chi connectivity index (χ2v) is 5.85. The molecule has 0 bridgehead atoms. The molecular weight excluding hydrogens is 302 g/mol. The third kappa shape index (κ3) is 3.18. The first-order valence-corrected chi connectivity index (χ1v) is 8.28. The monoisotopic (exact) mass is 323 g/mol. The SMILES string of the molecule is CCOC(=O)[C@H]1C(=O)N(CCc2ccccc2)[C@@H]1c1ccccc1. The molecule has 1 heterocycles. The second-order valence-electron chi connectivity index (χ2n) is 5.85. The smallest absolute Gasteiger partial charge is 0.321 e. The Morgan fingerprint density at radius 3 is 2.29 bits per heavy atom.